The lowest BCUT2D eigenvalue weighted by atomic mass is 10.2. The predicted octanol–water partition coefficient (Wildman–Crippen LogP) is 2.14. The summed E-state index contributed by atoms with van der Waals surface area (Å²) in [4.78, 5) is 8.77. The molecule has 0 radical (unpaired) electrons. The average molecular weight is 287 g/mol. The highest BCUT2D eigenvalue weighted by Crippen LogP contribution is 2.18. The number of imidazole rings is 1. The SMILES string of the molecule is CCc1nccc2nc(I)n(C)c12. The minimum Gasteiger partial charge on any atom is -0.321 e. The van der Waals surface area contributed by atoms with Gasteiger partial charge in [0.1, 0.15) is 0 Å². The van der Waals surface area contributed by atoms with Gasteiger partial charge in [0.15, 0.2) is 3.83 Å². The zero-order valence-corrected chi connectivity index (χ0v) is 9.74. The van der Waals surface area contributed by atoms with Crippen molar-refractivity contribution in [3.05, 3.63) is 21.8 Å². The highest BCUT2D eigenvalue weighted by atomic mass is 127. The third-order valence-corrected chi connectivity index (χ3v) is 3.10. The van der Waals surface area contributed by atoms with E-state index in [2.05, 4.69) is 44.0 Å². The maximum atomic E-state index is 4.43. The Morgan fingerprint density at radius 2 is 2.31 bits per heavy atom. The molecule has 0 N–H and O–H groups in total. The van der Waals surface area contributed by atoms with Crippen LogP contribution in [0.1, 0.15) is 12.6 Å². The number of aromatic nitrogens is 3. The Morgan fingerprint density at radius 1 is 1.54 bits per heavy atom. The normalized spacial score (nSPS) is 11.0. The first kappa shape index (κ1) is 8.93. The van der Waals surface area contributed by atoms with Crippen molar-refractivity contribution in [3.8, 4) is 0 Å². The first-order valence-corrected chi connectivity index (χ1v) is 5.27. The quantitative estimate of drug-likeness (QED) is 0.752. The van der Waals surface area contributed by atoms with Crippen molar-refractivity contribution in [1.29, 1.82) is 0 Å². The summed E-state index contributed by atoms with van der Waals surface area (Å²) < 4.78 is 3.09. The number of halogens is 1. The van der Waals surface area contributed by atoms with E-state index in [9.17, 15) is 0 Å². The number of hydrogen-bond donors (Lipinski definition) is 0. The van der Waals surface area contributed by atoms with Gasteiger partial charge in [0.05, 0.1) is 16.7 Å². The van der Waals surface area contributed by atoms with Crippen LogP contribution in [0.3, 0.4) is 0 Å². The van der Waals surface area contributed by atoms with Crippen LogP contribution in [0.25, 0.3) is 11.0 Å². The van der Waals surface area contributed by atoms with Crippen molar-refractivity contribution in [3.63, 3.8) is 0 Å². The molecule has 0 amide bonds. The number of pyridine rings is 1. The van der Waals surface area contributed by atoms with E-state index in [0.29, 0.717) is 0 Å². The molecule has 13 heavy (non-hydrogen) atoms. The second-order valence-electron chi connectivity index (χ2n) is 2.92. The zero-order chi connectivity index (χ0) is 9.42. The smallest absolute Gasteiger partial charge is 0.172 e. The first-order valence-electron chi connectivity index (χ1n) is 4.20. The monoisotopic (exact) mass is 287 g/mol. The lowest BCUT2D eigenvalue weighted by molar-refractivity contribution is 0.892. The summed E-state index contributed by atoms with van der Waals surface area (Å²) in [5, 5.41) is 0. The van der Waals surface area contributed by atoms with Crippen LogP contribution in [0.2, 0.25) is 0 Å². The Labute approximate surface area is 90.3 Å². The molecule has 0 unspecified atom stereocenters. The number of fused-ring (bicyclic) bond motifs is 1. The van der Waals surface area contributed by atoms with Gasteiger partial charge in [-0.2, -0.15) is 0 Å². The van der Waals surface area contributed by atoms with Crippen LogP contribution >= 0.6 is 22.6 Å². The molecule has 0 spiro atoms. The second kappa shape index (κ2) is 3.25. The number of aryl methyl sites for hydroxylation is 2. The Bertz CT molecular complexity index is 447. The summed E-state index contributed by atoms with van der Waals surface area (Å²) in [6.07, 6.45) is 2.78. The molecule has 0 aromatic carbocycles. The molecule has 68 valence electrons. The Morgan fingerprint density at radius 3 is 3.00 bits per heavy atom. The van der Waals surface area contributed by atoms with Gasteiger partial charge < -0.3 is 4.57 Å². The van der Waals surface area contributed by atoms with Gasteiger partial charge >= 0.3 is 0 Å². The third kappa shape index (κ3) is 1.33. The van der Waals surface area contributed by atoms with Gasteiger partial charge in [-0.3, -0.25) is 4.98 Å². The number of nitrogens with zero attached hydrogens (tertiary/aromatic N) is 3. The molecule has 0 aliphatic heterocycles. The van der Waals surface area contributed by atoms with Gasteiger partial charge in [0.25, 0.3) is 0 Å². The average Bonchev–Trinajstić information content (AvgIpc) is 2.43. The highest BCUT2D eigenvalue weighted by molar-refractivity contribution is 14.1. The molecule has 2 rings (SSSR count). The molecule has 4 heteroatoms. The summed E-state index contributed by atoms with van der Waals surface area (Å²) in [5.41, 5.74) is 3.32. The van der Waals surface area contributed by atoms with E-state index in [1.54, 1.807) is 0 Å². The molecular weight excluding hydrogens is 277 g/mol. The van der Waals surface area contributed by atoms with Gasteiger partial charge in [0.2, 0.25) is 0 Å². The van der Waals surface area contributed by atoms with Crippen molar-refractivity contribution in [2.45, 2.75) is 13.3 Å². The summed E-state index contributed by atoms with van der Waals surface area (Å²) >= 11 is 2.23. The maximum Gasteiger partial charge on any atom is 0.172 e. The van der Waals surface area contributed by atoms with Gasteiger partial charge in [-0.1, -0.05) is 6.92 Å². The molecule has 0 fully saturated rings. The zero-order valence-electron chi connectivity index (χ0n) is 7.58. The minimum atomic E-state index is 0.951. The molecule has 2 aromatic rings. The van der Waals surface area contributed by atoms with Crippen LogP contribution in [0.4, 0.5) is 0 Å². The van der Waals surface area contributed by atoms with Crippen LogP contribution in [-0.2, 0) is 13.5 Å². The van der Waals surface area contributed by atoms with Crippen LogP contribution in [0.5, 0.6) is 0 Å². The Kier molecular flexibility index (Phi) is 2.23. The van der Waals surface area contributed by atoms with Gasteiger partial charge in [-0.25, -0.2) is 4.98 Å². The van der Waals surface area contributed by atoms with Crippen LogP contribution < -0.4 is 0 Å². The predicted molar refractivity (Wildman–Crippen MR) is 60.6 cm³/mol. The molecule has 0 bridgehead atoms. The lowest BCUT2D eigenvalue weighted by Crippen LogP contribution is -1.95. The minimum absolute atomic E-state index is 0.951. The lowest BCUT2D eigenvalue weighted by Gasteiger charge is -2.00. The van der Waals surface area contributed by atoms with Crippen molar-refractivity contribution in [2.24, 2.45) is 7.05 Å². The van der Waals surface area contributed by atoms with E-state index in [1.807, 2.05) is 19.3 Å². The van der Waals surface area contributed by atoms with Gasteiger partial charge in [-0.15, -0.1) is 0 Å². The topological polar surface area (TPSA) is 30.7 Å². The molecule has 0 atom stereocenters. The molecule has 0 saturated heterocycles. The fourth-order valence-corrected chi connectivity index (χ4v) is 1.97. The first-order chi connectivity index (χ1) is 6.24. The molecule has 2 aromatic heterocycles. The summed E-state index contributed by atoms with van der Waals surface area (Å²) in [6.45, 7) is 2.11. The van der Waals surface area contributed by atoms with E-state index in [1.165, 1.54) is 0 Å². The van der Waals surface area contributed by atoms with Crippen LogP contribution in [-0.4, -0.2) is 14.5 Å². The van der Waals surface area contributed by atoms with E-state index < -0.39 is 0 Å². The standard InChI is InChI=1S/C9H10IN3/c1-3-6-8-7(4-5-11-6)12-9(10)13(8)2/h4-5H,3H2,1-2H3. The van der Waals surface area contributed by atoms with Crippen molar-refractivity contribution in [2.75, 3.05) is 0 Å². The van der Waals surface area contributed by atoms with Crippen molar-refractivity contribution < 1.29 is 0 Å². The van der Waals surface area contributed by atoms with Gasteiger partial charge in [-0.05, 0) is 35.1 Å². The van der Waals surface area contributed by atoms with Crippen LogP contribution in [0.15, 0.2) is 12.3 Å². The molecule has 0 aliphatic rings. The largest absolute Gasteiger partial charge is 0.321 e. The van der Waals surface area contributed by atoms with Crippen molar-refractivity contribution >= 4 is 33.6 Å². The van der Waals surface area contributed by atoms with E-state index in [0.717, 1.165) is 27.0 Å². The number of rotatable bonds is 1. The third-order valence-electron chi connectivity index (χ3n) is 2.14. The van der Waals surface area contributed by atoms with Crippen molar-refractivity contribution in [1.82, 2.24) is 14.5 Å². The van der Waals surface area contributed by atoms with Gasteiger partial charge in [0, 0.05) is 13.2 Å². The van der Waals surface area contributed by atoms with E-state index >= 15 is 0 Å². The second-order valence-corrected chi connectivity index (χ2v) is 3.88. The molecule has 3 nitrogen and oxygen atoms in total. The number of hydrogen-bond acceptors (Lipinski definition) is 2. The fourth-order valence-electron chi connectivity index (χ4n) is 1.47. The Hall–Kier alpha value is -0.650. The van der Waals surface area contributed by atoms with Crippen LogP contribution in [0, 0.1) is 3.83 Å². The summed E-state index contributed by atoms with van der Waals surface area (Å²) in [7, 11) is 2.03. The molecule has 0 aliphatic carbocycles. The fraction of sp³-hybridized carbons (Fsp3) is 0.333. The van der Waals surface area contributed by atoms with E-state index in [4.69, 9.17) is 0 Å². The Balaban J connectivity index is 2.87. The maximum absolute atomic E-state index is 4.43. The summed E-state index contributed by atoms with van der Waals surface area (Å²) in [6, 6.07) is 1.96. The highest BCUT2D eigenvalue weighted by Gasteiger charge is 2.08. The van der Waals surface area contributed by atoms with E-state index in [-0.39, 0.29) is 0 Å². The molecular formula is C9H10IN3. The molecule has 0 saturated carbocycles. The molecule has 2 heterocycles. The summed E-state index contributed by atoms with van der Waals surface area (Å²) in [5.74, 6) is 0.